The molecule has 0 fully saturated rings. The zero-order valence-electron chi connectivity index (χ0n) is 10.3. The molecule has 0 unspecified atom stereocenters. The van der Waals surface area contributed by atoms with Gasteiger partial charge in [0.05, 0.1) is 0 Å². The molecule has 0 amide bonds. The van der Waals surface area contributed by atoms with E-state index < -0.39 is 0 Å². The SMILES string of the molecule is CCCCCCc1[c]cc2c(c1)NCCC2. The maximum Gasteiger partial charge on any atom is 0.0375 e. The number of aryl methyl sites for hydroxylation is 2. The average molecular weight is 216 g/mol. The Labute approximate surface area is 99.3 Å². The van der Waals surface area contributed by atoms with Crippen molar-refractivity contribution >= 4 is 5.69 Å². The maximum atomic E-state index is 3.48. The zero-order chi connectivity index (χ0) is 11.2. The molecule has 2 rings (SSSR count). The largest absolute Gasteiger partial charge is 0.385 e. The highest BCUT2D eigenvalue weighted by Crippen LogP contribution is 2.23. The van der Waals surface area contributed by atoms with Crippen LogP contribution in [0.2, 0.25) is 0 Å². The quantitative estimate of drug-likeness (QED) is 0.734. The van der Waals surface area contributed by atoms with Gasteiger partial charge in [0.15, 0.2) is 0 Å². The van der Waals surface area contributed by atoms with Crippen molar-refractivity contribution in [3.63, 3.8) is 0 Å². The van der Waals surface area contributed by atoms with Crippen molar-refractivity contribution in [2.75, 3.05) is 11.9 Å². The second-order valence-electron chi connectivity index (χ2n) is 4.74. The fourth-order valence-corrected chi connectivity index (χ4v) is 2.33. The lowest BCUT2D eigenvalue weighted by molar-refractivity contribution is 0.666. The van der Waals surface area contributed by atoms with Crippen LogP contribution in [0.5, 0.6) is 0 Å². The third-order valence-corrected chi connectivity index (χ3v) is 3.33. The molecule has 0 spiro atoms. The summed E-state index contributed by atoms with van der Waals surface area (Å²) in [6.07, 6.45) is 9.01. The first-order chi connectivity index (χ1) is 7.90. The fraction of sp³-hybridized carbons (Fsp3) is 0.600. The molecule has 0 bridgehead atoms. The van der Waals surface area contributed by atoms with Crippen molar-refractivity contribution in [1.82, 2.24) is 0 Å². The van der Waals surface area contributed by atoms with Gasteiger partial charge in [-0.3, -0.25) is 0 Å². The van der Waals surface area contributed by atoms with E-state index in [-0.39, 0.29) is 0 Å². The van der Waals surface area contributed by atoms with Crippen LogP contribution in [0.25, 0.3) is 0 Å². The van der Waals surface area contributed by atoms with Gasteiger partial charge in [0, 0.05) is 12.2 Å². The Kier molecular flexibility index (Phi) is 4.26. The third kappa shape index (κ3) is 3.01. The van der Waals surface area contributed by atoms with Crippen LogP contribution in [0.4, 0.5) is 5.69 Å². The molecule has 0 saturated carbocycles. The summed E-state index contributed by atoms with van der Waals surface area (Å²) >= 11 is 0. The number of unbranched alkanes of at least 4 members (excludes halogenated alkanes) is 3. The minimum absolute atomic E-state index is 1.13. The zero-order valence-corrected chi connectivity index (χ0v) is 10.3. The number of fused-ring (bicyclic) bond motifs is 1. The van der Waals surface area contributed by atoms with Gasteiger partial charge in [-0.05, 0) is 55.0 Å². The van der Waals surface area contributed by atoms with Gasteiger partial charge < -0.3 is 5.32 Å². The molecule has 1 aliphatic rings. The summed E-state index contributed by atoms with van der Waals surface area (Å²) in [7, 11) is 0. The van der Waals surface area contributed by atoms with E-state index in [4.69, 9.17) is 0 Å². The molecular weight excluding hydrogens is 194 g/mol. The van der Waals surface area contributed by atoms with E-state index in [1.165, 1.54) is 61.8 Å². The number of benzene rings is 1. The summed E-state index contributed by atoms with van der Waals surface area (Å²) in [6.45, 7) is 3.39. The van der Waals surface area contributed by atoms with Gasteiger partial charge in [0.2, 0.25) is 0 Å². The van der Waals surface area contributed by atoms with Crippen LogP contribution in [0.3, 0.4) is 0 Å². The first kappa shape index (κ1) is 11.5. The summed E-state index contributed by atoms with van der Waals surface area (Å²) in [5, 5.41) is 3.48. The maximum absolute atomic E-state index is 3.48. The van der Waals surface area contributed by atoms with Crippen molar-refractivity contribution < 1.29 is 0 Å². The Morgan fingerprint density at radius 2 is 2.25 bits per heavy atom. The Morgan fingerprint density at radius 1 is 1.31 bits per heavy atom. The molecule has 1 N–H and O–H groups in total. The Morgan fingerprint density at radius 3 is 3.12 bits per heavy atom. The Bertz CT molecular complexity index is 330. The monoisotopic (exact) mass is 216 g/mol. The van der Waals surface area contributed by atoms with Crippen LogP contribution in [0.1, 0.15) is 50.2 Å². The highest BCUT2D eigenvalue weighted by Gasteiger charge is 2.08. The lowest BCUT2D eigenvalue weighted by atomic mass is 9.99. The highest BCUT2D eigenvalue weighted by molar-refractivity contribution is 5.54. The van der Waals surface area contributed by atoms with E-state index >= 15 is 0 Å². The number of nitrogens with one attached hydrogen (secondary N) is 1. The summed E-state index contributed by atoms with van der Waals surface area (Å²) in [4.78, 5) is 0. The van der Waals surface area contributed by atoms with E-state index in [9.17, 15) is 0 Å². The van der Waals surface area contributed by atoms with E-state index in [2.05, 4.69) is 30.4 Å². The molecule has 1 heteroatoms. The van der Waals surface area contributed by atoms with E-state index in [1.807, 2.05) is 0 Å². The molecule has 0 atom stereocenters. The lowest BCUT2D eigenvalue weighted by Gasteiger charge is -2.18. The Balaban J connectivity index is 1.90. The number of rotatable bonds is 5. The molecule has 0 aliphatic carbocycles. The number of anilines is 1. The standard InChI is InChI=1S/C15H22N/c1-2-3-4-5-7-13-9-10-14-8-6-11-16-15(14)12-13/h10,12,16H,2-8,11H2,1H3. The normalized spacial score (nSPS) is 14.3. The van der Waals surface area contributed by atoms with Crippen molar-refractivity contribution in [3.05, 3.63) is 29.3 Å². The van der Waals surface area contributed by atoms with Crippen LogP contribution in [0.15, 0.2) is 12.1 Å². The third-order valence-electron chi connectivity index (χ3n) is 3.33. The average Bonchev–Trinajstić information content (AvgIpc) is 2.34. The number of hydrogen-bond acceptors (Lipinski definition) is 1. The Hall–Kier alpha value is -0.980. The van der Waals surface area contributed by atoms with E-state index in [0.717, 1.165) is 6.54 Å². The fourth-order valence-electron chi connectivity index (χ4n) is 2.33. The van der Waals surface area contributed by atoms with Gasteiger partial charge in [-0.25, -0.2) is 0 Å². The summed E-state index contributed by atoms with van der Waals surface area (Å²) in [5.41, 5.74) is 4.18. The predicted molar refractivity (Wildman–Crippen MR) is 69.9 cm³/mol. The van der Waals surface area contributed by atoms with Crippen LogP contribution < -0.4 is 5.32 Å². The van der Waals surface area contributed by atoms with Crippen molar-refractivity contribution in [3.8, 4) is 0 Å². The van der Waals surface area contributed by atoms with Gasteiger partial charge in [-0.1, -0.05) is 26.2 Å². The van der Waals surface area contributed by atoms with E-state index in [0.29, 0.717) is 0 Å². The van der Waals surface area contributed by atoms with Gasteiger partial charge in [-0.2, -0.15) is 0 Å². The molecule has 0 aromatic heterocycles. The van der Waals surface area contributed by atoms with Crippen LogP contribution >= 0.6 is 0 Å². The van der Waals surface area contributed by atoms with Gasteiger partial charge in [0.1, 0.15) is 0 Å². The van der Waals surface area contributed by atoms with Gasteiger partial charge in [0.25, 0.3) is 0 Å². The number of hydrogen-bond donors (Lipinski definition) is 1. The minimum atomic E-state index is 1.13. The first-order valence-electron chi connectivity index (χ1n) is 6.67. The smallest absolute Gasteiger partial charge is 0.0375 e. The molecule has 0 saturated heterocycles. The second-order valence-corrected chi connectivity index (χ2v) is 4.74. The molecular formula is C15H22N. The molecule has 1 nitrogen and oxygen atoms in total. The molecule has 1 heterocycles. The molecule has 1 aromatic rings. The molecule has 87 valence electrons. The van der Waals surface area contributed by atoms with Gasteiger partial charge >= 0.3 is 0 Å². The highest BCUT2D eigenvalue weighted by atomic mass is 14.9. The van der Waals surface area contributed by atoms with Crippen LogP contribution in [-0.2, 0) is 12.8 Å². The summed E-state index contributed by atoms with van der Waals surface area (Å²) < 4.78 is 0. The topological polar surface area (TPSA) is 12.0 Å². The molecule has 1 aliphatic heterocycles. The van der Waals surface area contributed by atoms with Crippen molar-refractivity contribution in [1.29, 1.82) is 0 Å². The predicted octanol–water partition coefficient (Wildman–Crippen LogP) is 3.97. The molecule has 16 heavy (non-hydrogen) atoms. The summed E-state index contributed by atoms with van der Waals surface area (Å²) in [6, 6.07) is 7.93. The summed E-state index contributed by atoms with van der Waals surface area (Å²) in [5.74, 6) is 0. The van der Waals surface area contributed by atoms with Crippen LogP contribution in [-0.4, -0.2) is 6.54 Å². The van der Waals surface area contributed by atoms with Crippen LogP contribution in [0, 0.1) is 6.07 Å². The lowest BCUT2D eigenvalue weighted by Crippen LogP contribution is -2.11. The van der Waals surface area contributed by atoms with Crippen molar-refractivity contribution in [2.24, 2.45) is 0 Å². The van der Waals surface area contributed by atoms with E-state index in [1.54, 1.807) is 0 Å². The first-order valence-corrected chi connectivity index (χ1v) is 6.67. The minimum Gasteiger partial charge on any atom is -0.385 e. The van der Waals surface area contributed by atoms with Crippen molar-refractivity contribution in [2.45, 2.75) is 51.9 Å². The molecule has 1 aromatic carbocycles. The second kappa shape index (κ2) is 5.93. The van der Waals surface area contributed by atoms with Gasteiger partial charge in [-0.15, -0.1) is 0 Å². The molecule has 1 radical (unpaired) electrons.